The van der Waals surface area contributed by atoms with Gasteiger partial charge in [0.05, 0.1) is 18.6 Å². The van der Waals surface area contributed by atoms with Crippen molar-refractivity contribution < 1.29 is 8.42 Å². The fourth-order valence-corrected chi connectivity index (χ4v) is 3.77. The van der Waals surface area contributed by atoms with E-state index in [1.165, 1.54) is 16.8 Å². The fourth-order valence-electron chi connectivity index (χ4n) is 2.45. The summed E-state index contributed by atoms with van der Waals surface area (Å²) in [6.45, 7) is 3.91. The zero-order valence-electron chi connectivity index (χ0n) is 11.4. The van der Waals surface area contributed by atoms with Crippen LogP contribution >= 0.6 is 0 Å². The summed E-state index contributed by atoms with van der Waals surface area (Å²) in [6, 6.07) is -0.105. The minimum Gasteiger partial charge on any atom is -0.386 e. The van der Waals surface area contributed by atoms with Gasteiger partial charge in [0.15, 0.2) is 5.03 Å². The zero-order valence-corrected chi connectivity index (χ0v) is 12.2. The summed E-state index contributed by atoms with van der Waals surface area (Å²) >= 11 is 0. The van der Waals surface area contributed by atoms with Gasteiger partial charge in [0.25, 0.3) is 10.0 Å². The van der Waals surface area contributed by atoms with Crippen LogP contribution in [0.4, 0.5) is 0 Å². The van der Waals surface area contributed by atoms with Crippen molar-refractivity contribution >= 4 is 15.9 Å². The summed E-state index contributed by atoms with van der Waals surface area (Å²) in [6.07, 6.45) is 3.42. The molecule has 8 nitrogen and oxygen atoms in total. The normalized spacial score (nSPS) is 19.9. The van der Waals surface area contributed by atoms with E-state index in [4.69, 9.17) is 11.1 Å². The molecule has 20 heavy (non-hydrogen) atoms. The Kier molecular flexibility index (Phi) is 4.41. The summed E-state index contributed by atoms with van der Waals surface area (Å²) in [5.74, 6) is 0.136. The molecule has 0 saturated carbocycles. The SMILES string of the molecule is CCC(C(=N)N)N1CCN(S(=O)(=O)c2cnc[nH]2)CC1. The standard InChI is InChI=1S/C11H20N6O2S/c1-2-9(11(12)13)16-3-5-17(6-4-16)20(18,19)10-7-14-8-15-10/h7-9H,2-6H2,1H3,(H3,12,13)(H,14,15). The monoisotopic (exact) mass is 300 g/mol. The van der Waals surface area contributed by atoms with Gasteiger partial charge in [-0.15, -0.1) is 0 Å². The first-order valence-electron chi connectivity index (χ1n) is 6.53. The third-order valence-electron chi connectivity index (χ3n) is 3.55. The van der Waals surface area contributed by atoms with Crippen LogP contribution in [0, 0.1) is 5.41 Å². The smallest absolute Gasteiger partial charge is 0.260 e. The van der Waals surface area contributed by atoms with E-state index < -0.39 is 10.0 Å². The van der Waals surface area contributed by atoms with Crippen LogP contribution in [0.25, 0.3) is 0 Å². The Labute approximate surface area is 118 Å². The van der Waals surface area contributed by atoms with Crippen molar-refractivity contribution in [1.82, 2.24) is 19.2 Å². The van der Waals surface area contributed by atoms with Crippen LogP contribution in [0.5, 0.6) is 0 Å². The summed E-state index contributed by atoms with van der Waals surface area (Å²) in [7, 11) is -3.49. The Balaban J connectivity index is 2.03. The highest BCUT2D eigenvalue weighted by Gasteiger charge is 2.31. The first kappa shape index (κ1) is 14.9. The molecule has 1 atom stereocenters. The molecule has 0 radical (unpaired) electrons. The minimum absolute atomic E-state index is 0.105. The Hall–Kier alpha value is -1.45. The lowest BCUT2D eigenvalue weighted by Crippen LogP contribution is -2.54. The number of hydrogen-bond donors (Lipinski definition) is 3. The van der Waals surface area contributed by atoms with Crippen LogP contribution in [-0.2, 0) is 10.0 Å². The molecule has 1 fully saturated rings. The molecule has 1 aromatic rings. The molecule has 4 N–H and O–H groups in total. The Morgan fingerprint density at radius 3 is 2.60 bits per heavy atom. The first-order valence-corrected chi connectivity index (χ1v) is 7.97. The van der Waals surface area contributed by atoms with E-state index in [9.17, 15) is 8.42 Å². The molecule has 2 heterocycles. The fraction of sp³-hybridized carbons (Fsp3) is 0.636. The quantitative estimate of drug-likeness (QED) is 0.497. The maximum Gasteiger partial charge on any atom is 0.260 e. The lowest BCUT2D eigenvalue weighted by atomic mass is 10.1. The molecular formula is C11H20N6O2S. The average molecular weight is 300 g/mol. The van der Waals surface area contributed by atoms with Gasteiger partial charge in [0.2, 0.25) is 0 Å². The summed E-state index contributed by atoms with van der Waals surface area (Å²) in [5, 5.41) is 7.68. The number of nitrogens with two attached hydrogens (primary N) is 1. The molecule has 1 unspecified atom stereocenters. The molecule has 1 aliphatic rings. The predicted octanol–water partition coefficient (Wildman–Crippen LogP) is -0.569. The molecule has 2 rings (SSSR count). The van der Waals surface area contributed by atoms with Gasteiger partial charge in [-0.05, 0) is 6.42 Å². The Morgan fingerprint density at radius 1 is 1.50 bits per heavy atom. The second kappa shape index (κ2) is 5.90. The van der Waals surface area contributed by atoms with E-state index in [1.54, 1.807) is 0 Å². The van der Waals surface area contributed by atoms with E-state index in [-0.39, 0.29) is 16.9 Å². The number of piperazine rings is 1. The summed E-state index contributed by atoms with van der Waals surface area (Å²) in [4.78, 5) is 8.43. The van der Waals surface area contributed by atoms with Gasteiger partial charge in [-0.25, -0.2) is 13.4 Å². The number of H-pyrrole nitrogens is 1. The number of aromatic amines is 1. The Morgan fingerprint density at radius 2 is 2.15 bits per heavy atom. The molecule has 0 aromatic carbocycles. The van der Waals surface area contributed by atoms with E-state index in [0.717, 1.165) is 6.42 Å². The molecule has 0 amide bonds. The van der Waals surface area contributed by atoms with Crippen LogP contribution in [0.15, 0.2) is 17.6 Å². The highest BCUT2D eigenvalue weighted by molar-refractivity contribution is 7.89. The van der Waals surface area contributed by atoms with Gasteiger partial charge in [0, 0.05) is 26.2 Å². The van der Waals surface area contributed by atoms with Gasteiger partial charge in [-0.3, -0.25) is 10.3 Å². The molecule has 0 aliphatic carbocycles. The molecule has 9 heteroatoms. The molecule has 0 bridgehead atoms. The maximum absolute atomic E-state index is 12.3. The van der Waals surface area contributed by atoms with Crippen LogP contribution in [0.2, 0.25) is 0 Å². The first-order chi connectivity index (χ1) is 9.46. The van der Waals surface area contributed by atoms with E-state index in [1.807, 2.05) is 6.92 Å². The maximum atomic E-state index is 12.3. The number of imidazole rings is 1. The topological polar surface area (TPSA) is 119 Å². The summed E-state index contributed by atoms with van der Waals surface area (Å²) < 4.78 is 26.0. The number of rotatable bonds is 5. The van der Waals surface area contributed by atoms with E-state index in [0.29, 0.717) is 26.2 Å². The van der Waals surface area contributed by atoms with Crippen molar-refractivity contribution in [1.29, 1.82) is 5.41 Å². The summed E-state index contributed by atoms with van der Waals surface area (Å²) in [5.41, 5.74) is 5.57. The second-order valence-electron chi connectivity index (χ2n) is 4.74. The van der Waals surface area contributed by atoms with Crippen molar-refractivity contribution in [3.05, 3.63) is 12.5 Å². The number of nitrogens with one attached hydrogen (secondary N) is 2. The van der Waals surface area contributed by atoms with Gasteiger partial charge in [0.1, 0.15) is 5.84 Å². The van der Waals surface area contributed by atoms with Gasteiger partial charge in [-0.1, -0.05) is 6.92 Å². The third-order valence-corrected chi connectivity index (χ3v) is 5.37. The number of aromatic nitrogens is 2. The average Bonchev–Trinajstić information content (AvgIpc) is 2.94. The van der Waals surface area contributed by atoms with Crippen LogP contribution < -0.4 is 5.73 Å². The second-order valence-corrected chi connectivity index (χ2v) is 6.64. The van der Waals surface area contributed by atoms with E-state index >= 15 is 0 Å². The van der Waals surface area contributed by atoms with Crippen molar-refractivity contribution in [2.75, 3.05) is 26.2 Å². The van der Waals surface area contributed by atoms with Gasteiger partial charge >= 0.3 is 0 Å². The van der Waals surface area contributed by atoms with Crippen molar-refractivity contribution in [2.45, 2.75) is 24.4 Å². The highest BCUT2D eigenvalue weighted by atomic mass is 32.2. The third kappa shape index (κ3) is 2.84. The highest BCUT2D eigenvalue weighted by Crippen LogP contribution is 2.16. The Bertz CT molecular complexity index is 547. The molecular weight excluding hydrogens is 280 g/mol. The predicted molar refractivity (Wildman–Crippen MR) is 74.9 cm³/mol. The van der Waals surface area contributed by atoms with Crippen molar-refractivity contribution in [3.63, 3.8) is 0 Å². The molecule has 1 saturated heterocycles. The van der Waals surface area contributed by atoms with Crippen molar-refractivity contribution in [3.8, 4) is 0 Å². The molecule has 112 valence electrons. The van der Waals surface area contributed by atoms with E-state index in [2.05, 4.69) is 14.9 Å². The van der Waals surface area contributed by atoms with Crippen LogP contribution in [-0.4, -0.2) is 65.6 Å². The number of sulfonamides is 1. The van der Waals surface area contributed by atoms with Crippen LogP contribution in [0.1, 0.15) is 13.3 Å². The largest absolute Gasteiger partial charge is 0.386 e. The molecule has 1 aliphatic heterocycles. The lowest BCUT2D eigenvalue weighted by molar-refractivity contribution is 0.163. The van der Waals surface area contributed by atoms with Crippen molar-refractivity contribution in [2.24, 2.45) is 5.73 Å². The molecule has 0 spiro atoms. The molecule has 1 aromatic heterocycles. The van der Waals surface area contributed by atoms with Gasteiger partial charge < -0.3 is 10.7 Å². The number of nitrogens with zero attached hydrogens (tertiary/aromatic N) is 3. The minimum atomic E-state index is -3.49. The lowest BCUT2D eigenvalue weighted by Gasteiger charge is -2.37. The van der Waals surface area contributed by atoms with Gasteiger partial charge in [-0.2, -0.15) is 4.31 Å². The number of hydrogen-bond acceptors (Lipinski definition) is 5. The number of amidine groups is 1. The zero-order chi connectivity index (χ0) is 14.8. The van der Waals surface area contributed by atoms with Crippen LogP contribution in [0.3, 0.4) is 0 Å².